The normalized spacial score (nSPS) is 29.1. The average molecular weight is 284 g/mol. The van der Waals surface area contributed by atoms with E-state index in [-0.39, 0.29) is 22.7 Å². The molecule has 0 aliphatic carbocycles. The number of pyridine rings is 1. The summed E-state index contributed by atoms with van der Waals surface area (Å²) in [5.41, 5.74) is 0.928. The van der Waals surface area contributed by atoms with Crippen molar-refractivity contribution in [2.75, 3.05) is 0 Å². The number of aryl methyl sites for hydroxylation is 1. The molecule has 1 aromatic carbocycles. The number of nitrogens with zero attached hydrogens (tertiary/aromatic N) is 2. The van der Waals surface area contributed by atoms with E-state index in [0.717, 1.165) is 6.20 Å². The monoisotopic (exact) mass is 284 g/mol. The fourth-order valence-corrected chi connectivity index (χ4v) is 2.43. The van der Waals surface area contributed by atoms with Gasteiger partial charge in [0.05, 0.1) is 5.71 Å². The number of aromatic nitrogens is 1. The van der Waals surface area contributed by atoms with Crippen LogP contribution in [0.1, 0.15) is 41.9 Å². The van der Waals surface area contributed by atoms with Crippen molar-refractivity contribution in [2.24, 2.45) is 4.99 Å². The Labute approximate surface area is 134 Å². The molecule has 3 heteroatoms. The number of hydrogen-bond acceptors (Lipinski definition) is 3. The summed E-state index contributed by atoms with van der Waals surface area (Å²) in [4.78, 5) is 8.28. The lowest BCUT2D eigenvalue weighted by Crippen LogP contribution is -2.04. The molecule has 0 bridgehead atoms. The zero-order valence-electron chi connectivity index (χ0n) is 18.9. The lowest BCUT2D eigenvalue weighted by molar-refractivity contribution is 0.651. The topological polar surface area (TPSA) is 38.4 Å². The maximum atomic E-state index is 8.37. The summed E-state index contributed by atoms with van der Waals surface area (Å²) < 4.78 is 67.5. The molecule has 104 valence electrons. The summed E-state index contributed by atoms with van der Waals surface area (Å²) in [6.45, 7) is -4.85. The number of fused-ring (bicyclic) bond motifs is 3. The van der Waals surface area contributed by atoms with Gasteiger partial charge in [0.2, 0.25) is 5.71 Å². The molecule has 4 rings (SSSR count). The minimum Gasteiger partial charge on any atom is -0.437 e. The van der Waals surface area contributed by atoms with Crippen LogP contribution in [0.2, 0.25) is 0 Å². The van der Waals surface area contributed by atoms with Gasteiger partial charge in [0.15, 0.2) is 0 Å². The molecule has 1 aliphatic rings. The van der Waals surface area contributed by atoms with E-state index in [4.69, 9.17) is 15.4 Å². The molecule has 3 aromatic rings. The van der Waals surface area contributed by atoms with Crippen LogP contribution in [-0.2, 0) is 0 Å². The fourth-order valence-electron chi connectivity index (χ4n) is 2.43. The Hall–Kier alpha value is -2.42. The minimum absolute atomic E-state index is 0.0875. The van der Waals surface area contributed by atoms with Crippen LogP contribution in [0.5, 0.6) is 0 Å². The summed E-state index contributed by atoms with van der Waals surface area (Å²) in [6.07, 6.45) is -1.35. The van der Waals surface area contributed by atoms with Gasteiger partial charge in [-0.05, 0) is 44.7 Å². The largest absolute Gasteiger partial charge is 0.437 e. The van der Waals surface area contributed by atoms with E-state index in [9.17, 15) is 0 Å². The van der Waals surface area contributed by atoms with Crippen LogP contribution in [0.15, 0.2) is 51.5 Å². The van der Waals surface area contributed by atoms with E-state index in [2.05, 4.69) is 9.98 Å². The average Bonchev–Trinajstić information content (AvgIpc) is 3.00. The highest BCUT2D eigenvalue weighted by atomic mass is 16.3. The Morgan fingerprint density at radius 1 is 1.14 bits per heavy atom. The fraction of sp³-hybridized carbons (Fsp3) is 0.222. The Morgan fingerprint density at radius 3 is 3.05 bits per heavy atom. The van der Waals surface area contributed by atoms with Gasteiger partial charge in [0.1, 0.15) is 5.58 Å². The van der Waals surface area contributed by atoms with Gasteiger partial charge in [-0.25, -0.2) is 4.98 Å². The van der Waals surface area contributed by atoms with Crippen molar-refractivity contribution < 1.29 is 15.4 Å². The van der Waals surface area contributed by atoms with Gasteiger partial charge in [0, 0.05) is 39.2 Å². The van der Waals surface area contributed by atoms with Crippen molar-refractivity contribution in [3.8, 4) is 0 Å². The highest BCUT2D eigenvalue weighted by molar-refractivity contribution is 6.15. The standard InChI is InChI=1S/C18H16N2O/c1-11-6-9-16(19-10-11)15-5-3-4-13-14-8-7-12(2)20-18(14)21-17(13)15/h3-5,7-8,10H,6,9H2,1-2H3/i1D3,2D3,6D,9D. The second-order valence-electron chi connectivity index (χ2n) is 4.77. The number of hydrogen-bond donors (Lipinski definition) is 0. The Bertz CT molecular complexity index is 1170. The van der Waals surface area contributed by atoms with E-state index < -0.39 is 26.5 Å². The van der Waals surface area contributed by atoms with E-state index >= 15 is 0 Å². The quantitative estimate of drug-likeness (QED) is 0.645. The molecule has 0 fully saturated rings. The molecule has 0 saturated carbocycles. The SMILES string of the molecule is [2H]C1C(C([2H])([2H])[2H])=CN=C(c2cccc3c2oc2nc(C([2H])([2H])[2H])ccc23)C1[2H]. The van der Waals surface area contributed by atoms with Crippen molar-refractivity contribution >= 4 is 27.8 Å². The number of furan rings is 1. The molecule has 0 radical (unpaired) electrons. The van der Waals surface area contributed by atoms with Crippen LogP contribution in [0.4, 0.5) is 0 Å². The molecule has 2 aromatic heterocycles. The Balaban J connectivity index is 1.91. The number of allylic oxidation sites excluding steroid dienone is 1. The molecule has 0 N–H and O–H groups in total. The minimum atomic E-state index is -2.48. The van der Waals surface area contributed by atoms with Crippen LogP contribution in [0.25, 0.3) is 22.1 Å². The van der Waals surface area contributed by atoms with Crippen LogP contribution in [0, 0.1) is 6.85 Å². The predicted octanol–water partition coefficient (Wildman–Crippen LogP) is 4.78. The second-order valence-corrected chi connectivity index (χ2v) is 4.77. The highest BCUT2D eigenvalue weighted by Gasteiger charge is 2.16. The van der Waals surface area contributed by atoms with Gasteiger partial charge >= 0.3 is 0 Å². The van der Waals surface area contributed by atoms with Gasteiger partial charge in [-0.1, -0.05) is 17.7 Å². The lowest BCUT2D eigenvalue weighted by atomic mass is 9.99. The molecule has 21 heavy (non-hydrogen) atoms. The zero-order valence-corrected chi connectivity index (χ0v) is 10.9. The van der Waals surface area contributed by atoms with Crippen molar-refractivity contribution in [1.29, 1.82) is 0 Å². The van der Waals surface area contributed by atoms with E-state index in [1.165, 1.54) is 6.07 Å². The number of rotatable bonds is 1. The van der Waals surface area contributed by atoms with Crippen LogP contribution in [0.3, 0.4) is 0 Å². The van der Waals surface area contributed by atoms with Gasteiger partial charge in [-0.2, -0.15) is 0 Å². The van der Waals surface area contributed by atoms with Gasteiger partial charge in [-0.15, -0.1) is 0 Å². The van der Waals surface area contributed by atoms with Crippen molar-refractivity contribution in [2.45, 2.75) is 26.5 Å². The molecule has 1 aliphatic heterocycles. The first-order valence-corrected chi connectivity index (χ1v) is 6.44. The Morgan fingerprint density at radius 2 is 2.14 bits per heavy atom. The molecule has 0 saturated heterocycles. The summed E-state index contributed by atoms with van der Waals surface area (Å²) in [5.74, 6) is 0. The van der Waals surface area contributed by atoms with Gasteiger partial charge in [0.25, 0.3) is 0 Å². The molecule has 2 atom stereocenters. The molecular weight excluding hydrogens is 260 g/mol. The van der Waals surface area contributed by atoms with Crippen LogP contribution >= 0.6 is 0 Å². The number of aliphatic imine (C=N–C) groups is 1. The first-order chi connectivity index (χ1) is 13.5. The first kappa shape index (κ1) is 6.56. The third-order valence-corrected chi connectivity index (χ3v) is 3.40. The maximum Gasteiger partial charge on any atom is 0.227 e. The summed E-state index contributed by atoms with van der Waals surface area (Å²) in [5, 5.41) is 1.29. The summed E-state index contributed by atoms with van der Waals surface area (Å²) >= 11 is 0. The summed E-state index contributed by atoms with van der Waals surface area (Å²) in [7, 11) is 0. The van der Waals surface area contributed by atoms with Crippen molar-refractivity contribution in [3.05, 3.63) is 53.4 Å². The van der Waals surface area contributed by atoms with Crippen LogP contribution in [-0.4, -0.2) is 10.7 Å². The molecule has 3 heterocycles. The molecule has 0 amide bonds. The smallest absolute Gasteiger partial charge is 0.227 e. The molecular formula is C18H16N2O. The van der Waals surface area contributed by atoms with Crippen molar-refractivity contribution in [1.82, 2.24) is 4.98 Å². The molecule has 2 unspecified atom stereocenters. The highest BCUT2D eigenvalue weighted by Crippen LogP contribution is 2.31. The molecule has 3 nitrogen and oxygen atoms in total. The maximum absolute atomic E-state index is 8.37. The van der Waals surface area contributed by atoms with Gasteiger partial charge < -0.3 is 4.42 Å². The van der Waals surface area contributed by atoms with E-state index in [0.29, 0.717) is 21.9 Å². The van der Waals surface area contributed by atoms with E-state index in [1.807, 2.05) is 0 Å². The third kappa shape index (κ3) is 1.97. The Kier molecular flexibility index (Phi) is 1.42. The summed E-state index contributed by atoms with van der Waals surface area (Å²) in [6, 6.07) is 8.25. The van der Waals surface area contributed by atoms with Gasteiger partial charge in [-0.3, -0.25) is 4.99 Å². The number of benzene rings is 1. The van der Waals surface area contributed by atoms with E-state index in [1.54, 1.807) is 24.3 Å². The lowest BCUT2D eigenvalue weighted by Gasteiger charge is -2.11. The van der Waals surface area contributed by atoms with Crippen molar-refractivity contribution in [3.63, 3.8) is 0 Å². The first-order valence-electron chi connectivity index (χ1n) is 10.6. The number of para-hydroxylation sites is 1. The van der Waals surface area contributed by atoms with Crippen LogP contribution < -0.4 is 0 Å². The molecule has 0 spiro atoms. The second kappa shape index (κ2) is 4.55. The third-order valence-electron chi connectivity index (χ3n) is 3.40. The zero-order chi connectivity index (χ0) is 21.1. The predicted molar refractivity (Wildman–Crippen MR) is 85.8 cm³/mol.